The van der Waals surface area contributed by atoms with Crippen molar-refractivity contribution >= 4 is 11.9 Å². The summed E-state index contributed by atoms with van der Waals surface area (Å²) < 4.78 is 5.42. The first-order valence-electron chi connectivity index (χ1n) is 26.3. The molecule has 6 nitrogen and oxygen atoms in total. The van der Waals surface area contributed by atoms with Crippen LogP contribution in [-0.2, 0) is 14.3 Å². The molecule has 0 aliphatic heterocycles. The van der Waals surface area contributed by atoms with Gasteiger partial charge in [0.1, 0.15) is 0 Å². The van der Waals surface area contributed by atoms with Gasteiger partial charge in [0.25, 0.3) is 0 Å². The predicted octanol–water partition coefficient (Wildman–Crippen LogP) is 15.7. The molecule has 0 saturated carbocycles. The molecule has 0 aromatic heterocycles. The Balaban J connectivity index is 3.57. The van der Waals surface area contributed by atoms with Crippen molar-refractivity contribution in [1.29, 1.82) is 0 Å². The number of aliphatic hydroxyl groups is 2. The lowest BCUT2D eigenvalue weighted by molar-refractivity contribution is -0.143. The van der Waals surface area contributed by atoms with Gasteiger partial charge in [0.2, 0.25) is 5.91 Å². The molecule has 0 heterocycles. The minimum Gasteiger partial charge on any atom is -0.466 e. The standard InChI is InChI=1S/C54H101NO5/c1-3-5-7-9-11-13-15-17-18-19-20-21-22-24-26-30-34-38-42-46-52(57)51(50-56)55-53(58)47-43-39-35-31-27-25-29-33-37-41-45-49-60-54(59)48-44-40-36-32-28-23-16-14-12-10-8-6-4-2/h14,16,29,33,42,46,51-52,56-57H,3-13,15,17-28,30-32,34-41,43-45,47-50H2,1-2H3,(H,55,58)/b16-14-,33-29-,46-42+. The van der Waals surface area contributed by atoms with E-state index < -0.39 is 12.1 Å². The molecular formula is C54H101NO5. The Morgan fingerprint density at radius 1 is 0.450 bits per heavy atom. The van der Waals surface area contributed by atoms with Crippen molar-refractivity contribution in [3.63, 3.8) is 0 Å². The van der Waals surface area contributed by atoms with E-state index in [1.54, 1.807) is 6.08 Å². The maximum Gasteiger partial charge on any atom is 0.305 e. The van der Waals surface area contributed by atoms with Gasteiger partial charge in [-0.25, -0.2) is 0 Å². The van der Waals surface area contributed by atoms with Crippen molar-refractivity contribution in [1.82, 2.24) is 5.32 Å². The minimum absolute atomic E-state index is 0.0425. The summed E-state index contributed by atoms with van der Waals surface area (Å²) in [6.07, 6.45) is 60.0. The van der Waals surface area contributed by atoms with Crippen LogP contribution in [0.25, 0.3) is 0 Å². The molecule has 352 valence electrons. The van der Waals surface area contributed by atoms with Gasteiger partial charge in [-0.2, -0.15) is 0 Å². The van der Waals surface area contributed by atoms with Gasteiger partial charge in [0, 0.05) is 12.8 Å². The molecule has 0 bridgehead atoms. The molecule has 0 fully saturated rings. The number of hydrogen-bond donors (Lipinski definition) is 3. The number of rotatable bonds is 48. The number of unbranched alkanes of at least 4 members (excludes halogenated alkanes) is 33. The molecule has 2 atom stereocenters. The molecule has 6 heteroatoms. The number of ether oxygens (including phenoxy) is 1. The second-order valence-corrected chi connectivity index (χ2v) is 17.8. The third-order valence-electron chi connectivity index (χ3n) is 11.9. The van der Waals surface area contributed by atoms with Crippen molar-refractivity contribution in [2.45, 2.75) is 283 Å². The van der Waals surface area contributed by atoms with E-state index in [0.717, 1.165) is 83.5 Å². The number of carbonyl (C=O) groups is 2. The molecule has 0 rings (SSSR count). The van der Waals surface area contributed by atoms with E-state index in [2.05, 4.69) is 43.5 Å². The van der Waals surface area contributed by atoms with Crippen LogP contribution in [0.1, 0.15) is 271 Å². The van der Waals surface area contributed by atoms with Crippen LogP contribution in [0.4, 0.5) is 0 Å². The Bertz CT molecular complexity index is 977. The lowest BCUT2D eigenvalue weighted by Gasteiger charge is -2.20. The van der Waals surface area contributed by atoms with E-state index >= 15 is 0 Å². The summed E-state index contributed by atoms with van der Waals surface area (Å²) in [6, 6.07) is -0.650. The maximum atomic E-state index is 12.4. The number of allylic oxidation sites excluding steroid dienone is 5. The number of hydrogen-bond acceptors (Lipinski definition) is 5. The van der Waals surface area contributed by atoms with Gasteiger partial charge in [-0.15, -0.1) is 0 Å². The first-order chi connectivity index (χ1) is 29.5. The summed E-state index contributed by atoms with van der Waals surface area (Å²) >= 11 is 0. The third kappa shape index (κ3) is 45.6. The van der Waals surface area contributed by atoms with Gasteiger partial charge in [0.15, 0.2) is 0 Å². The number of esters is 1. The molecule has 0 spiro atoms. The van der Waals surface area contributed by atoms with Crippen LogP contribution in [-0.4, -0.2) is 47.4 Å². The number of carbonyl (C=O) groups excluding carboxylic acids is 2. The highest BCUT2D eigenvalue weighted by Gasteiger charge is 2.18. The van der Waals surface area contributed by atoms with Gasteiger partial charge >= 0.3 is 5.97 Å². The minimum atomic E-state index is -0.863. The van der Waals surface area contributed by atoms with Crippen LogP contribution in [0.15, 0.2) is 36.5 Å². The van der Waals surface area contributed by atoms with Gasteiger partial charge in [-0.1, -0.05) is 211 Å². The normalized spacial score (nSPS) is 12.9. The summed E-state index contributed by atoms with van der Waals surface area (Å²) in [7, 11) is 0. The van der Waals surface area contributed by atoms with Crippen molar-refractivity contribution in [3.8, 4) is 0 Å². The van der Waals surface area contributed by atoms with E-state index in [4.69, 9.17) is 4.74 Å². The van der Waals surface area contributed by atoms with Crippen LogP contribution in [0.2, 0.25) is 0 Å². The zero-order valence-corrected chi connectivity index (χ0v) is 39.9. The number of amides is 1. The third-order valence-corrected chi connectivity index (χ3v) is 11.9. The smallest absolute Gasteiger partial charge is 0.305 e. The Morgan fingerprint density at radius 3 is 1.20 bits per heavy atom. The molecule has 3 N–H and O–H groups in total. The topological polar surface area (TPSA) is 95.9 Å². The molecule has 0 radical (unpaired) electrons. The summed E-state index contributed by atoms with van der Waals surface area (Å²) in [5.41, 5.74) is 0. The van der Waals surface area contributed by atoms with Crippen LogP contribution in [0.3, 0.4) is 0 Å². The fourth-order valence-electron chi connectivity index (χ4n) is 7.80. The van der Waals surface area contributed by atoms with Crippen molar-refractivity contribution in [2.75, 3.05) is 13.2 Å². The fraction of sp³-hybridized carbons (Fsp3) is 0.852. The van der Waals surface area contributed by atoms with Crippen LogP contribution >= 0.6 is 0 Å². The largest absolute Gasteiger partial charge is 0.466 e. The SMILES string of the molecule is CCCCCC/C=C\CCCCCCCC(=O)OCCCC/C=C\CCCCCCCC(=O)NC(CO)C(O)/C=C/CCCCCCCCCCCCCCCCCCC. The average molecular weight is 844 g/mol. The predicted molar refractivity (Wildman–Crippen MR) is 259 cm³/mol. The number of aliphatic hydroxyl groups excluding tert-OH is 2. The quantitative estimate of drug-likeness (QED) is 0.0322. The molecular weight excluding hydrogens is 743 g/mol. The first kappa shape index (κ1) is 58.1. The zero-order valence-electron chi connectivity index (χ0n) is 39.9. The Morgan fingerprint density at radius 2 is 0.783 bits per heavy atom. The highest BCUT2D eigenvalue weighted by Crippen LogP contribution is 2.15. The molecule has 1 amide bonds. The molecule has 60 heavy (non-hydrogen) atoms. The van der Waals surface area contributed by atoms with Crippen LogP contribution < -0.4 is 5.32 Å². The van der Waals surface area contributed by atoms with Gasteiger partial charge in [0.05, 0.1) is 25.4 Å². The Labute approximate surface area is 373 Å². The van der Waals surface area contributed by atoms with E-state index in [9.17, 15) is 19.8 Å². The van der Waals surface area contributed by atoms with E-state index in [1.165, 1.54) is 161 Å². The lowest BCUT2D eigenvalue weighted by Crippen LogP contribution is -2.45. The van der Waals surface area contributed by atoms with E-state index in [1.807, 2.05) is 6.08 Å². The monoisotopic (exact) mass is 844 g/mol. The fourth-order valence-corrected chi connectivity index (χ4v) is 7.80. The molecule has 0 aliphatic carbocycles. The maximum absolute atomic E-state index is 12.4. The van der Waals surface area contributed by atoms with Gasteiger partial charge in [-0.3, -0.25) is 9.59 Å². The van der Waals surface area contributed by atoms with Crippen LogP contribution in [0, 0.1) is 0 Å². The Kier molecular flexibility index (Phi) is 48.1. The van der Waals surface area contributed by atoms with Crippen LogP contribution in [0.5, 0.6) is 0 Å². The summed E-state index contributed by atoms with van der Waals surface area (Å²) in [4.78, 5) is 24.4. The Hall–Kier alpha value is -1.92. The highest BCUT2D eigenvalue weighted by atomic mass is 16.5. The van der Waals surface area contributed by atoms with Gasteiger partial charge in [-0.05, 0) is 83.5 Å². The average Bonchev–Trinajstić information content (AvgIpc) is 3.25. The lowest BCUT2D eigenvalue weighted by atomic mass is 10.0. The molecule has 0 aliphatic rings. The number of nitrogens with one attached hydrogen (secondary N) is 1. The van der Waals surface area contributed by atoms with Crippen molar-refractivity contribution in [3.05, 3.63) is 36.5 Å². The first-order valence-corrected chi connectivity index (χ1v) is 26.3. The highest BCUT2D eigenvalue weighted by molar-refractivity contribution is 5.76. The summed E-state index contributed by atoms with van der Waals surface area (Å²) in [6.45, 7) is 4.81. The molecule has 2 unspecified atom stereocenters. The van der Waals surface area contributed by atoms with E-state index in [-0.39, 0.29) is 18.5 Å². The van der Waals surface area contributed by atoms with Crippen molar-refractivity contribution in [2.24, 2.45) is 0 Å². The van der Waals surface area contributed by atoms with Crippen molar-refractivity contribution < 1.29 is 24.5 Å². The summed E-state index contributed by atoms with van der Waals surface area (Å²) in [5.74, 6) is -0.139. The second kappa shape index (κ2) is 49.7. The van der Waals surface area contributed by atoms with E-state index in [0.29, 0.717) is 19.4 Å². The second-order valence-electron chi connectivity index (χ2n) is 17.8. The molecule has 0 aromatic rings. The molecule has 0 aromatic carbocycles. The molecule has 0 saturated heterocycles. The zero-order chi connectivity index (χ0) is 43.7. The van der Waals surface area contributed by atoms with Gasteiger partial charge < -0.3 is 20.3 Å². The summed E-state index contributed by atoms with van der Waals surface area (Å²) in [5, 5.41) is 23.1.